The summed E-state index contributed by atoms with van der Waals surface area (Å²) in [4.78, 5) is 0. The predicted octanol–water partition coefficient (Wildman–Crippen LogP) is 5.12. The minimum Gasteiger partial charge on any atom is -0.398 e. The number of aromatic nitrogens is 2. The third-order valence-corrected chi connectivity index (χ3v) is 5.54. The van der Waals surface area contributed by atoms with Gasteiger partial charge in [0.05, 0.1) is 5.56 Å². The molecule has 0 aliphatic rings. The molecule has 0 saturated heterocycles. The molecule has 0 fully saturated rings. The van der Waals surface area contributed by atoms with Crippen LogP contribution in [0.5, 0.6) is 0 Å². The van der Waals surface area contributed by atoms with E-state index in [0.717, 1.165) is 22.6 Å². The quantitative estimate of drug-likeness (QED) is 0.448. The van der Waals surface area contributed by atoms with Crippen LogP contribution in [0.4, 0.5) is 0 Å². The van der Waals surface area contributed by atoms with E-state index >= 15 is 0 Å². The second-order valence-corrected chi connectivity index (χ2v) is 8.56. The molecule has 0 bridgehead atoms. The Hall–Kier alpha value is -2.94. The third kappa shape index (κ3) is 3.01. The van der Waals surface area contributed by atoms with Crippen molar-refractivity contribution in [2.45, 2.75) is 40.0 Å². The summed E-state index contributed by atoms with van der Waals surface area (Å²) in [6.07, 6.45) is 2.13. The van der Waals surface area contributed by atoms with Crippen LogP contribution in [0, 0.1) is 13.8 Å². The smallest absolute Gasteiger partial charge is 0.381 e. The Kier molecular flexibility index (Phi) is 4.34. The van der Waals surface area contributed by atoms with Crippen LogP contribution in [0.1, 0.15) is 37.6 Å². The molecule has 0 unspecified atom stereocenters. The second-order valence-electron chi connectivity index (χ2n) is 8.56. The molecule has 2 heterocycles. The number of pyridine rings is 1. The number of benzene rings is 2. The molecule has 2 aromatic carbocycles. The summed E-state index contributed by atoms with van der Waals surface area (Å²) in [6.45, 7) is 11.1. The number of fused-ring (bicyclic) bond motifs is 1. The molecule has 4 aromatic rings. The summed E-state index contributed by atoms with van der Waals surface area (Å²) in [5, 5.41) is 0. The number of nitrogens with zero attached hydrogens (tertiary/aromatic N) is 2. The number of para-hydroxylation sites is 2. The summed E-state index contributed by atoms with van der Waals surface area (Å²) >= 11 is 0. The fraction of sp³-hybridized carbons (Fsp3) is 0.280. The Morgan fingerprint density at radius 3 is 2.29 bits per heavy atom. The predicted molar refractivity (Wildman–Crippen MR) is 113 cm³/mol. The summed E-state index contributed by atoms with van der Waals surface area (Å²) < 4.78 is 10.7. The lowest BCUT2D eigenvalue weighted by Crippen LogP contribution is -2.36. The van der Waals surface area contributed by atoms with Gasteiger partial charge in [-0.15, -0.1) is 0 Å². The number of oxazole rings is 1. The first-order chi connectivity index (χ1) is 13.3. The van der Waals surface area contributed by atoms with Crippen molar-refractivity contribution in [3.8, 4) is 17.1 Å². The van der Waals surface area contributed by atoms with Crippen LogP contribution in [0.15, 0.2) is 65.2 Å². The van der Waals surface area contributed by atoms with E-state index in [9.17, 15) is 0 Å². The van der Waals surface area contributed by atoms with Crippen molar-refractivity contribution in [3.63, 3.8) is 0 Å². The maximum Gasteiger partial charge on any atom is 0.381 e. The summed E-state index contributed by atoms with van der Waals surface area (Å²) in [5.41, 5.74) is 8.08. The van der Waals surface area contributed by atoms with Gasteiger partial charge in [0.2, 0.25) is 11.3 Å². The molecule has 0 spiro atoms. The van der Waals surface area contributed by atoms with Crippen LogP contribution in [0.2, 0.25) is 0 Å². The van der Waals surface area contributed by atoms with Crippen molar-refractivity contribution in [1.82, 2.24) is 0 Å². The fourth-order valence-electron chi connectivity index (χ4n) is 3.74. The first-order valence-electron chi connectivity index (χ1n) is 9.78. The Labute approximate surface area is 166 Å². The zero-order chi connectivity index (χ0) is 20.1. The Bertz CT molecular complexity index is 1180. The van der Waals surface area contributed by atoms with Gasteiger partial charge in [-0.1, -0.05) is 39.0 Å². The van der Waals surface area contributed by atoms with Gasteiger partial charge >= 0.3 is 5.89 Å². The van der Waals surface area contributed by atoms with E-state index in [1.54, 1.807) is 0 Å². The van der Waals surface area contributed by atoms with Gasteiger partial charge in [-0.05, 0) is 30.0 Å². The highest BCUT2D eigenvalue weighted by atomic mass is 16.4. The number of rotatable bonds is 2. The van der Waals surface area contributed by atoms with Crippen molar-refractivity contribution < 1.29 is 13.6 Å². The Balaban J connectivity index is 2.05. The van der Waals surface area contributed by atoms with E-state index in [1.807, 2.05) is 12.1 Å². The molecule has 0 saturated carbocycles. The summed E-state index contributed by atoms with van der Waals surface area (Å²) in [7, 11) is 2.07. The average molecular weight is 373 g/mol. The molecule has 0 aliphatic heterocycles. The van der Waals surface area contributed by atoms with Crippen molar-refractivity contribution in [2.24, 2.45) is 7.05 Å². The van der Waals surface area contributed by atoms with E-state index in [4.69, 9.17) is 4.42 Å². The monoisotopic (exact) mass is 372 g/mol. The average Bonchev–Trinajstić information content (AvgIpc) is 2.99. The van der Waals surface area contributed by atoms with E-state index < -0.39 is 0 Å². The van der Waals surface area contributed by atoms with Crippen molar-refractivity contribution in [1.29, 1.82) is 0 Å². The van der Waals surface area contributed by atoms with Gasteiger partial charge in [-0.2, -0.15) is 9.13 Å². The molecule has 0 amide bonds. The lowest BCUT2D eigenvalue weighted by Gasteiger charge is -2.20. The van der Waals surface area contributed by atoms with E-state index in [-0.39, 0.29) is 5.41 Å². The summed E-state index contributed by atoms with van der Waals surface area (Å²) in [5.74, 6) is 0.889. The topological polar surface area (TPSA) is 20.9 Å². The minimum atomic E-state index is 0.0328. The second kappa shape index (κ2) is 6.59. The maximum absolute atomic E-state index is 6.31. The minimum absolute atomic E-state index is 0.0328. The molecular formula is C25H28N2O+2. The van der Waals surface area contributed by atoms with Crippen molar-refractivity contribution >= 4 is 11.1 Å². The molecule has 28 heavy (non-hydrogen) atoms. The summed E-state index contributed by atoms with van der Waals surface area (Å²) in [6, 6.07) is 19.1. The van der Waals surface area contributed by atoms with Crippen LogP contribution < -0.4 is 9.13 Å². The van der Waals surface area contributed by atoms with Gasteiger partial charge in [0.25, 0.3) is 5.52 Å². The zero-order valence-electron chi connectivity index (χ0n) is 17.6. The highest BCUT2D eigenvalue weighted by molar-refractivity contribution is 5.73. The van der Waals surface area contributed by atoms with Gasteiger partial charge < -0.3 is 4.42 Å². The van der Waals surface area contributed by atoms with Gasteiger partial charge in [-0.3, -0.25) is 0 Å². The normalized spacial score (nSPS) is 11.9. The van der Waals surface area contributed by atoms with Gasteiger partial charge in [0.1, 0.15) is 7.05 Å². The number of aryl methyl sites for hydroxylation is 2. The SMILES string of the molecule is Cc1c(-c2oc3ccccc3[n+]2C)cc(C(C)(C)C)cc1-[n+]1ccccc1C. The van der Waals surface area contributed by atoms with Crippen LogP contribution in [-0.2, 0) is 12.5 Å². The van der Waals surface area contributed by atoms with Crippen LogP contribution in [0.25, 0.3) is 28.2 Å². The molecule has 0 atom stereocenters. The lowest BCUT2D eigenvalue weighted by molar-refractivity contribution is -0.637. The third-order valence-electron chi connectivity index (χ3n) is 5.54. The molecule has 0 aliphatic carbocycles. The van der Waals surface area contributed by atoms with E-state index in [1.165, 1.54) is 22.5 Å². The zero-order valence-corrected chi connectivity index (χ0v) is 17.6. The molecule has 2 aromatic heterocycles. The first kappa shape index (κ1) is 18.4. The van der Waals surface area contributed by atoms with Gasteiger partial charge in [0.15, 0.2) is 11.9 Å². The number of hydrogen-bond donors (Lipinski definition) is 0. The molecule has 3 nitrogen and oxygen atoms in total. The van der Waals surface area contributed by atoms with Gasteiger partial charge in [0, 0.05) is 36.8 Å². The Morgan fingerprint density at radius 2 is 1.61 bits per heavy atom. The largest absolute Gasteiger partial charge is 0.398 e. The molecule has 4 rings (SSSR count). The van der Waals surface area contributed by atoms with Crippen LogP contribution >= 0.6 is 0 Å². The van der Waals surface area contributed by atoms with E-state index in [2.05, 4.69) is 99.5 Å². The maximum atomic E-state index is 6.31. The standard InChI is InChI=1S/C25H28N2O/c1-17-11-9-10-14-27(17)22-16-19(25(3,4)5)15-20(18(22)2)24-26(6)21-12-7-8-13-23(21)28-24/h7-16H,1-6H3/q+2. The molecular weight excluding hydrogens is 344 g/mol. The fourth-order valence-corrected chi connectivity index (χ4v) is 3.74. The van der Waals surface area contributed by atoms with Gasteiger partial charge in [-0.25, -0.2) is 0 Å². The highest BCUT2D eigenvalue weighted by Crippen LogP contribution is 2.33. The van der Waals surface area contributed by atoms with Crippen molar-refractivity contribution in [2.75, 3.05) is 0 Å². The van der Waals surface area contributed by atoms with Crippen LogP contribution in [0.3, 0.4) is 0 Å². The highest BCUT2D eigenvalue weighted by Gasteiger charge is 2.29. The first-order valence-corrected chi connectivity index (χ1v) is 9.78. The lowest BCUT2D eigenvalue weighted by atomic mass is 9.84. The number of hydrogen-bond acceptors (Lipinski definition) is 1. The molecule has 142 valence electrons. The molecule has 0 radical (unpaired) electrons. The van der Waals surface area contributed by atoms with Crippen molar-refractivity contribution in [3.05, 3.63) is 77.6 Å². The van der Waals surface area contributed by atoms with E-state index in [0.29, 0.717) is 0 Å². The Morgan fingerprint density at radius 1 is 0.893 bits per heavy atom. The van der Waals surface area contributed by atoms with Crippen LogP contribution in [-0.4, -0.2) is 0 Å². The molecule has 3 heteroatoms. The molecule has 0 N–H and O–H groups in total.